The minimum absolute atomic E-state index is 0.0960. The Labute approximate surface area is 171 Å². The molecule has 0 unspecified atom stereocenters. The van der Waals surface area contributed by atoms with Gasteiger partial charge in [-0.1, -0.05) is 52.8 Å². The van der Waals surface area contributed by atoms with Crippen LogP contribution in [0, 0.1) is 11.3 Å². The van der Waals surface area contributed by atoms with Crippen molar-refractivity contribution < 1.29 is 9.59 Å². The molecule has 156 valence electrons. The number of rotatable bonds is 3. The minimum atomic E-state index is -0.434. The van der Waals surface area contributed by atoms with E-state index in [0.717, 1.165) is 0 Å². The van der Waals surface area contributed by atoms with Crippen LogP contribution < -0.4 is 5.56 Å². The first kappa shape index (κ1) is 21.0. The maximum atomic E-state index is 13.3. The summed E-state index contributed by atoms with van der Waals surface area (Å²) >= 11 is 0. The number of fused-ring (bicyclic) bond motifs is 1. The average Bonchev–Trinajstić information content (AvgIpc) is 2.68. The molecule has 1 aliphatic heterocycles. The Morgan fingerprint density at radius 2 is 1.55 bits per heavy atom. The molecule has 1 aromatic carbocycles. The lowest BCUT2D eigenvalue weighted by Crippen LogP contribution is -2.53. The highest BCUT2D eigenvalue weighted by atomic mass is 16.2. The van der Waals surface area contributed by atoms with Crippen molar-refractivity contribution in [3.63, 3.8) is 0 Å². The van der Waals surface area contributed by atoms with Gasteiger partial charge >= 0.3 is 0 Å². The van der Waals surface area contributed by atoms with E-state index in [2.05, 4.69) is 5.10 Å². The van der Waals surface area contributed by atoms with Crippen LogP contribution in [0.2, 0.25) is 0 Å². The zero-order chi connectivity index (χ0) is 21.3. The normalized spacial score (nSPS) is 15.2. The predicted octanol–water partition coefficient (Wildman–Crippen LogP) is 2.38. The third-order valence-corrected chi connectivity index (χ3v) is 5.10. The van der Waals surface area contributed by atoms with E-state index in [1.807, 2.05) is 45.6 Å². The van der Waals surface area contributed by atoms with Crippen LogP contribution in [-0.4, -0.2) is 57.6 Å². The van der Waals surface area contributed by atoms with E-state index >= 15 is 0 Å². The molecule has 7 nitrogen and oxygen atoms in total. The summed E-state index contributed by atoms with van der Waals surface area (Å²) in [6, 6.07) is 7.13. The first-order chi connectivity index (χ1) is 13.6. The van der Waals surface area contributed by atoms with E-state index in [1.165, 1.54) is 4.68 Å². The smallest absolute Gasteiger partial charge is 0.275 e. The summed E-state index contributed by atoms with van der Waals surface area (Å²) in [5.74, 6) is 0.136. The summed E-state index contributed by atoms with van der Waals surface area (Å²) in [6.07, 6.45) is 0. The number of hydrogen-bond donors (Lipinski definition) is 0. The molecule has 0 saturated carbocycles. The fraction of sp³-hybridized carbons (Fsp3) is 0.545. The van der Waals surface area contributed by atoms with Gasteiger partial charge in [-0.3, -0.25) is 14.4 Å². The highest BCUT2D eigenvalue weighted by Gasteiger charge is 2.32. The number of aromatic nitrogens is 2. The topological polar surface area (TPSA) is 75.5 Å². The Balaban J connectivity index is 1.89. The van der Waals surface area contributed by atoms with Crippen LogP contribution in [0.4, 0.5) is 0 Å². The van der Waals surface area contributed by atoms with Crippen LogP contribution in [0.15, 0.2) is 29.1 Å². The summed E-state index contributed by atoms with van der Waals surface area (Å²) in [5, 5.41) is 5.53. The van der Waals surface area contributed by atoms with E-state index in [9.17, 15) is 14.4 Å². The summed E-state index contributed by atoms with van der Waals surface area (Å²) in [4.78, 5) is 42.1. The lowest BCUT2D eigenvalue weighted by Gasteiger charge is -2.37. The maximum Gasteiger partial charge on any atom is 0.275 e. The maximum absolute atomic E-state index is 13.3. The van der Waals surface area contributed by atoms with E-state index in [4.69, 9.17) is 0 Å². The van der Waals surface area contributed by atoms with Crippen molar-refractivity contribution in [2.24, 2.45) is 11.3 Å². The Morgan fingerprint density at radius 3 is 2.10 bits per heavy atom. The van der Waals surface area contributed by atoms with Crippen LogP contribution in [0.1, 0.15) is 45.1 Å². The predicted molar refractivity (Wildman–Crippen MR) is 113 cm³/mol. The second-order valence-corrected chi connectivity index (χ2v) is 9.11. The molecule has 2 aromatic rings. The number of amides is 2. The second kappa shape index (κ2) is 7.97. The molecule has 0 radical (unpaired) electrons. The lowest BCUT2D eigenvalue weighted by molar-refractivity contribution is -0.140. The highest BCUT2D eigenvalue weighted by Crippen LogP contribution is 2.20. The number of benzene rings is 1. The average molecular weight is 399 g/mol. The van der Waals surface area contributed by atoms with Gasteiger partial charge in [-0.05, 0) is 12.0 Å². The molecule has 7 heteroatoms. The Morgan fingerprint density at radius 1 is 1.00 bits per heavy atom. The fourth-order valence-electron chi connectivity index (χ4n) is 3.60. The van der Waals surface area contributed by atoms with E-state index < -0.39 is 5.41 Å². The molecular formula is C22H30N4O3. The fourth-order valence-corrected chi connectivity index (χ4v) is 3.60. The monoisotopic (exact) mass is 398 g/mol. The minimum Gasteiger partial charge on any atom is -0.339 e. The van der Waals surface area contributed by atoms with Gasteiger partial charge in [0, 0.05) is 43.5 Å². The van der Waals surface area contributed by atoms with Crippen molar-refractivity contribution in [2.75, 3.05) is 26.2 Å². The van der Waals surface area contributed by atoms with Gasteiger partial charge < -0.3 is 9.80 Å². The first-order valence-corrected chi connectivity index (χ1v) is 10.2. The number of hydrogen-bond acceptors (Lipinski definition) is 4. The van der Waals surface area contributed by atoms with E-state index in [0.29, 0.717) is 49.2 Å². The van der Waals surface area contributed by atoms with Gasteiger partial charge in [0.1, 0.15) is 0 Å². The molecule has 1 saturated heterocycles. The van der Waals surface area contributed by atoms with Gasteiger partial charge in [0.2, 0.25) is 5.91 Å². The van der Waals surface area contributed by atoms with Crippen molar-refractivity contribution >= 4 is 22.6 Å². The van der Waals surface area contributed by atoms with Gasteiger partial charge in [0.25, 0.3) is 11.5 Å². The van der Waals surface area contributed by atoms with Crippen LogP contribution in [-0.2, 0) is 11.3 Å². The molecule has 0 spiro atoms. The standard InChI is InChI=1S/C22H30N4O3/c1-15(2)14-26-19(27)17-9-7-6-8-16(17)18(23-26)20(28)24-10-12-25(13-11-24)21(29)22(3,4)5/h6-9,15H,10-14H2,1-5H3. The summed E-state index contributed by atoms with van der Waals surface area (Å²) in [7, 11) is 0. The molecule has 2 amide bonds. The molecule has 1 aromatic heterocycles. The molecule has 1 aliphatic rings. The molecule has 29 heavy (non-hydrogen) atoms. The van der Waals surface area contributed by atoms with Crippen molar-refractivity contribution in [2.45, 2.75) is 41.2 Å². The third-order valence-electron chi connectivity index (χ3n) is 5.10. The van der Waals surface area contributed by atoms with E-state index in [-0.39, 0.29) is 23.3 Å². The molecule has 0 atom stereocenters. The Bertz CT molecular complexity index is 980. The largest absolute Gasteiger partial charge is 0.339 e. The highest BCUT2D eigenvalue weighted by molar-refractivity contribution is 6.04. The molecule has 0 bridgehead atoms. The third kappa shape index (κ3) is 4.33. The Kier molecular flexibility index (Phi) is 5.78. The van der Waals surface area contributed by atoms with Crippen molar-refractivity contribution in [1.29, 1.82) is 0 Å². The van der Waals surface area contributed by atoms with Crippen LogP contribution >= 0.6 is 0 Å². The van der Waals surface area contributed by atoms with E-state index in [1.54, 1.807) is 23.1 Å². The summed E-state index contributed by atoms with van der Waals surface area (Å²) < 4.78 is 1.40. The molecule has 0 N–H and O–H groups in total. The second-order valence-electron chi connectivity index (χ2n) is 9.11. The number of piperazine rings is 1. The number of carbonyl (C=O) groups is 2. The van der Waals surface area contributed by atoms with Crippen LogP contribution in [0.5, 0.6) is 0 Å². The van der Waals surface area contributed by atoms with Gasteiger partial charge in [0.05, 0.1) is 5.39 Å². The molecular weight excluding hydrogens is 368 g/mol. The lowest BCUT2D eigenvalue weighted by atomic mass is 9.94. The van der Waals surface area contributed by atoms with Crippen molar-refractivity contribution in [3.05, 3.63) is 40.3 Å². The van der Waals surface area contributed by atoms with Crippen molar-refractivity contribution in [1.82, 2.24) is 19.6 Å². The zero-order valence-electron chi connectivity index (χ0n) is 17.9. The van der Waals surface area contributed by atoms with Gasteiger partial charge in [-0.25, -0.2) is 4.68 Å². The summed E-state index contributed by atoms with van der Waals surface area (Å²) in [6.45, 7) is 12.1. The van der Waals surface area contributed by atoms with Gasteiger partial charge in [-0.15, -0.1) is 0 Å². The zero-order valence-corrected chi connectivity index (χ0v) is 17.9. The van der Waals surface area contributed by atoms with Crippen molar-refractivity contribution in [3.8, 4) is 0 Å². The number of nitrogens with zero attached hydrogens (tertiary/aromatic N) is 4. The SMILES string of the molecule is CC(C)Cn1nc(C(=O)N2CCN(C(=O)C(C)(C)C)CC2)c2ccccc2c1=O. The number of carbonyl (C=O) groups excluding carboxylic acids is 2. The van der Waals surface area contributed by atoms with Gasteiger partial charge in [-0.2, -0.15) is 5.10 Å². The first-order valence-electron chi connectivity index (χ1n) is 10.2. The van der Waals surface area contributed by atoms with Gasteiger partial charge in [0.15, 0.2) is 5.69 Å². The molecule has 3 rings (SSSR count). The van der Waals surface area contributed by atoms with Crippen LogP contribution in [0.25, 0.3) is 10.8 Å². The quantitative estimate of drug-likeness (QED) is 0.796. The molecule has 2 heterocycles. The Hall–Kier alpha value is -2.70. The molecule has 1 fully saturated rings. The van der Waals surface area contributed by atoms with Crippen LogP contribution in [0.3, 0.4) is 0 Å². The summed E-state index contributed by atoms with van der Waals surface area (Å²) in [5.41, 5.74) is -0.307. The molecule has 0 aliphatic carbocycles.